The second kappa shape index (κ2) is 5.77. The third-order valence-electron chi connectivity index (χ3n) is 2.62. The van der Waals surface area contributed by atoms with E-state index in [2.05, 4.69) is 10.3 Å². The number of hydrogen-bond donors (Lipinski definition) is 2. The Hall–Kier alpha value is -1.01. The number of phenols is 1. The molecule has 1 heterocycles. The fourth-order valence-corrected chi connectivity index (χ4v) is 2.98. The number of nitrogens with zero attached hydrogens (tertiary/aromatic N) is 1. The Bertz CT molecular complexity index is 655. The Kier molecular flexibility index (Phi) is 4.44. The van der Waals surface area contributed by atoms with Gasteiger partial charge in [-0.2, -0.15) is 0 Å². The van der Waals surface area contributed by atoms with E-state index in [1.807, 2.05) is 13.8 Å². The molecule has 0 aliphatic rings. The quantitative estimate of drug-likeness (QED) is 0.772. The van der Waals surface area contributed by atoms with E-state index in [1.165, 1.54) is 17.4 Å². The number of aromatic hydroxyl groups is 1. The molecule has 2 N–H and O–H groups in total. The van der Waals surface area contributed by atoms with Crippen molar-refractivity contribution in [3.8, 4) is 5.75 Å². The van der Waals surface area contributed by atoms with Gasteiger partial charge >= 0.3 is 0 Å². The van der Waals surface area contributed by atoms with Crippen molar-refractivity contribution >= 4 is 57.2 Å². The van der Waals surface area contributed by atoms with Crippen LogP contribution in [0.15, 0.2) is 6.07 Å². The van der Waals surface area contributed by atoms with Crippen molar-refractivity contribution in [3.05, 3.63) is 37.3 Å². The highest BCUT2D eigenvalue weighted by atomic mass is 35.5. The van der Waals surface area contributed by atoms with E-state index < -0.39 is 11.7 Å². The first-order valence-corrected chi connectivity index (χ1v) is 7.38. The number of aromatic nitrogens is 1. The zero-order chi connectivity index (χ0) is 15.0. The molecule has 1 amide bonds. The van der Waals surface area contributed by atoms with Gasteiger partial charge < -0.3 is 5.11 Å². The first kappa shape index (κ1) is 15.4. The molecule has 1 aromatic heterocycles. The predicted molar refractivity (Wildman–Crippen MR) is 82.7 cm³/mol. The summed E-state index contributed by atoms with van der Waals surface area (Å²) in [5, 5.41) is 12.8. The Morgan fingerprint density at radius 2 is 1.95 bits per heavy atom. The molecule has 8 heteroatoms. The first-order valence-electron chi connectivity index (χ1n) is 5.43. The summed E-state index contributed by atoms with van der Waals surface area (Å²) < 4.78 is 0. The summed E-state index contributed by atoms with van der Waals surface area (Å²) in [6, 6.07) is 1.27. The lowest BCUT2D eigenvalue weighted by Gasteiger charge is -2.09. The second-order valence-corrected chi connectivity index (χ2v) is 6.39. The van der Waals surface area contributed by atoms with Crippen molar-refractivity contribution in [3.63, 3.8) is 0 Å². The lowest BCUT2D eigenvalue weighted by Crippen LogP contribution is -2.13. The average Bonchev–Trinajstić information content (AvgIpc) is 2.66. The number of amides is 1. The first-order chi connectivity index (χ1) is 9.31. The van der Waals surface area contributed by atoms with Gasteiger partial charge in [-0.1, -0.05) is 34.8 Å². The van der Waals surface area contributed by atoms with Crippen molar-refractivity contribution < 1.29 is 9.90 Å². The summed E-state index contributed by atoms with van der Waals surface area (Å²) in [7, 11) is 0. The van der Waals surface area contributed by atoms with Gasteiger partial charge in [0.1, 0.15) is 11.3 Å². The van der Waals surface area contributed by atoms with E-state index in [0.29, 0.717) is 5.13 Å². The summed E-state index contributed by atoms with van der Waals surface area (Å²) in [5.74, 6) is -1.03. The number of rotatable bonds is 2. The highest BCUT2D eigenvalue weighted by Gasteiger charge is 2.22. The molecule has 0 spiro atoms. The van der Waals surface area contributed by atoms with Crippen molar-refractivity contribution in [2.45, 2.75) is 13.8 Å². The predicted octanol–water partition coefficient (Wildman–Crippen LogP) is 4.68. The van der Waals surface area contributed by atoms with Crippen LogP contribution in [-0.2, 0) is 0 Å². The molecule has 0 radical (unpaired) electrons. The minimum absolute atomic E-state index is 0.0453. The molecule has 0 bridgehead atoms. The van der Waals surface area contributed by atoms with Crippen molar-refractivity contribution in [2.24, 2.45) is 0 Å². The maximum Gasteiger partial charge on any atom is 0.262 e. The Morgan fingerprint density at radius 1 is 1.30 bits per heavy atom. The maximum absolute atomic E-state index is 12.2. The zero-order valence-corrected chi connectivity index (χ0v) is 13.5. The number of carbonyl (C=O) groups excluding carboxylic acids is 1. The van der Waals surface area contributed by atoms with Gasteiger partial charge in [0.05, 0.1) is 20.8 Å². The SMILES string of the molecule is Cc1nc(NC(=O)c2c(O)c(Cl)cc(Cl)c2Cl)sc1C. The molecule has 0 saturated carbocycles. The van der Waals surface area contributed by atoms with Crippen LogP contribution in [0.25, 0.3) is 0 Å². The molecule has 20 heavy (non-hydrogen) atoms. The monoisotopic (exact) mass is 350 g/mol. The lowest BCUT2D eigenvalue weighted by molar-refractivity contribution is 0.102. The van der Waals surface area contributed by atoms with Gasteiger partial charge in [0.15, 0.2) is 5.13 Å². The normalized spacial score (nSPS) is 10.7. The van der Waals surface area contributed by atoms with Crippen LogP contribution in [0.1, 0.15) is 20.9 Å². The van der Waals surface area contributed by atoms with Crippen LogP contribution in [0.5, 0.6) is 5.75 Å². The number of anilines is 1. The molecular formula is C12H9Cl3N2O2S. The number of halogens is 3. The fourth-order valence-electron chi connectivity index (χ4n) is 1.48. The van der Waals surface area contributed by atoms with E-state index >= 15 is 0 Å². The number of hydrogen-bond acceptors (Lipinski definition) is 4. The van der Waals surface area contributed by atoms with Gasteiger partial charge in [-0.15, -0.1) is 11.3 Å². The maximum atomic E-state index is 12.2. The Morgan fingerprint density at radius 3 is 2.50 bits per heavy atom. The van der Waals surface area contributed by atoms with Crippen LogP contribution in [0.3, 0.4) is 0 Å². The molecule has 0 saturated heterocycles. The Balaban J connectivity index is 2.39. The summed E-state index contributed by atoms with van der Waals surface area (Å²) in [6.07, 6.45) is 0. The molecule has 0 unspecified atom stereocenters. The van der Waals surface area contributed by atoms with Crippen LogP contribution in [0.4, 0.5) is 5.13 Å². The lowest BCUT2D eigenvalue weighted by atomic mass is 10.2. The highest BCUT2D eigenvalue weighted by molar-refractivity contribution is 7.15. The topological polar surface area (TPSA) is 62.2 Å². The van der Waals surface area contributed by atoms with Gasteiger partial charge in [-0.25, -0.2) is 4.98 Å². The smallest absolute Gasteiger partial charge is 0.262 e. The van der Waals surface area contributed by atoms with Crippen molar-refractivity contribution in [2.75, 3.05) is 5.32 Å². The van der Waals surface area contributed by atoms with E-state index in [4.69, 9.17) is 34.8 Å². The van der Waals surface area contributed by atoms with Gasteiger partial charge in [0.25, 0.3) is 5.91 Å². The van der Waals surface area contributed by atoms with E-state index in [1.54, 1.807) is 0 Å². The average molecular weight is 352 g/mol. The third-order valence-corrected chi connectivity index (χ3v) is 4.69. The van der Waals surface area contributed by atoms with Crippen molar-refractivity contribution in [1.82, 2.24) is 4.98 Å². The molecule has 2 rings (SSSR count). The summed E-state index contributed by atoms with van der Waals surface area (Å²) in [5.41, 5.74) is 0.652. The number of nitrogens with one attached hydrogen (secondary N) is 1. The van der Waals surface area contributed by atoms with E-state index in [-0.39, 0.29) is 20.6 Å². The summed E-state index contributed by atoms with van der Waals surface area (Å²) in [4.78, 5) is 17.3. The molecule has 1 aromatic carbocycles. The molecule has 0 aliphatic carbocycles. The molecule has 106 valence electrons. The van der Waals surface area contributed by atoms with Crippen LogP contribution in [-0.4, -0.2) is 16.0 Å². The van der Waals surface area contributed by atoms with Gasteiger partial charge in [-0.05, 0) is 19.9 Å². The second-order valence-electron chi connectivity index (χ2n) is 3.99. The van der Waals surface area contributed by atoms with Crippen LogP contribution < -0.4 is 5.32 Å². The zero-order valence-electron chi connectivity index (χ0n) is 10.4. The molecular weight excluding hydrogens is 343 g/mol. The summed E-state index contributed by atoms with van der Waals surface area (Å²) in [6.45, 7) is 3.73. The highest BCUT2D eigenvalue weighted by Crippen LogP contribution is 2.38. The number of phenolic OH excluding ortho intramolecular Hbond substituents is 1. The van der Waals surface area contributed by atoms with Crippen LogP contribution in [0.2, 0.25) is 15.1 Å². The third kappa shape index (κ3) is 2.86. The minimum atomic E-state index is -0.620. The standard InChI is InChI=1S/C12H9Cl3N2O2S/c1-4-5(2)20-12(16-4)17-11(19)8-9(15)6(13)3-7(14)10(8)18/h3,18H,1-2H3,(H,16,17,19). The van der Waals surface area contributed by atoms with Gasteiger partial charge in [0, 0.05) is 4.88 Å². The molecule has 2 aromatic rings. The number of aryl methyl sites for hydroxylation is 2. The van der Waals surface area contributed by atoms with Gasteiger partial charge in [0.2, 0.25) is 0 Å². The van der Waals surface area contributed by atoms with Gasteiger partial charge in [-0.3, -0.25) is 10.1 Å². The molecule has 4 nitrogen and oxygen atoms in total. The van der Waals surface area contributed by atoms with Crippen LogP contribution in [0, 0.1) is 13.8 Å². The molecule has 0 aliphatic heterocycles. The van der Waals surface area contributed by atoms with Crippen molar-refractivity contribution in [1.29, 1.82) is 0 Å². The number of benzene rings is 1. The van der Waals surface area contributed by atoms with E-state index in [0.717, 1.165) is 10.6 Å². The van der Waals surface area contributed by atoms with Crippen LogP contribution >= 0.6 is 46.1 Å². The Labute approximate surface area is 134 Å². The number of thiazole rings is 1. The fraction of sp³-hybridized carbons (Fsp3) is 0.167. The molecule has 0 atom stereocenters. The minimum Gasteiger partial charge on any atom is -0.505 e. The number of carbonyl (C=O) groups is 1. The molecule has 0 fully saturated rings. The summed E-state index contributed by atoms with van der Waals surface area (Å²) >= 11 is 18.9. The largest absolute Gasteiger partial charge is 0.505 e. The van der Waals surface area contributed by atoms with E-state index in [9.17, 15) is 9.90 Å².